The second-order valence-electron chi connectivity index (χ2n) is 11.8. The highest BCUT2D eigenvalue weighted by Crippen LogP contribution is 2.37. The van der Waals surface area contributed by atoms with Crippen molar-refractivity contribution in [1.29, 1.82) is 0 Å². The monoisotopic (exact) mass is 530 g/mol. The van der Waals surface area contributed by atoms with Crippen molar-refractivity contribution >= 4 is 22.6 Å². The molecule has 0 bridgehead atoms. The van der Waals surface area contributed by atoms with Gasteiger partial charge in [0, 0.05) is 19.6 Å². The fourth-order valence-corrected chi connectivity index (χ4v) is 8.18. The van der Waals surface area contributed by atoms with Crippen molar-refractivity contribution in [2.45, 2.75) is 143 Å². The number of carbonyl (C=O) groups excluding carboxylic acids is 1. The van der Waals surface area contributed by atoms with Crippen molar-refractivity contribution in [2.24, 2.45) is 5.92 Å². The third-order valence-corrected chi connectivity index (χ3v) is 17.3. The van der Waals surface area contributed by atoms with Crippen molar-refractivity contribution < 1.29 is 23.5 Å². The summed E-state index contributed by atoms with van der Waals surface area (Å²) in [4.78, 5) is 10.9. The van der Waals surface area contributed by atoms with E-state index in [-0.39, 0.29) is 23.0 Å². The molecule has 0 aliphatic rings. The van der Waals surface area contributed by atoms with E-state index in [9.17, 15) is 9.90 Å². The number of hydrogen-bond acceptors (Lipinski definition) is 5. The molecule has 0 radical (unpaired) electrons. The Balaban J connectivity index is 5.13. The van der Waals surface area contributed by atoms with Gasteiger partial charge in [0.1, 0.15) is 0 Å². The predicted molar refractivity (Wildman–Crippen MR) is 154 cm³/mol. The molecule has 208 valence electrons. The second kappa shape index (κ2) is 16.4. The van der Waals surface area contributed by atoms with Gasteiger partial charge in [-0.15, -0.1) is 0 Å². The summed E-state index contributed by atoms with van der Waals surface area (Å²) >= 11 is 0. The number of carbonyl (C=O) groups is 1. The number of aliphatic hydroxyl groups is 1. The van der Waals surface area contributed by atoms with Gasteiger partial charge in [-0.3, -0.25) is 4.79 Å². The van der Waals surface area contributed by atoms with Crippen molar-refractivity contribution in [1.82, 2.24) is 0 Å². The van der Waals surface area contributed by atoms with E-state index in [0.717, 1.165) is 62.4 Å². The first-order chi connectivity index (χ1) is 16.1. The highest BCUT2D eigenvalue weighted by atomic mass is 28.4. The topological polar surface area (TPSA) is 65.0 Å². The Labute approximate surface area is 219 Å². The minimum Gasteiger partial charge on any atom is -0.466 e. The molecule has 1 unspecified atom stereocenters. The zero-order valence-electron chi connectivity index (χ0n) is 25.0. The molecule has 0 spiro atoms. The van der Waals surface area contributed by atoms with Gasteiger partial charge in [0.25, 0.3) is 0 Å². The first-order valence-electron chi connectivity index (χ1n) is 13.9. The number of esters is 1. The molecule has 3 atom stereocenters. The van der Waals surface area contributed by atoms with E-state index in [1.54, 1.807) is 0 Å². The lowest BCUT2D eigenvalue weighted by Gasteiger charge is -2.37. The van der Waals surface area contributed by atoms with E-state index in [1.807, 2.05) is 6.92 Å². The standard InChI is InChI=1S/C28H58O5Si2/c1-12-35(13-2,14-3)33-26(19-17-21-32-34(10,11)28(7,8)9)22-24(5)27(30)23(4)18-15-16-20-31-25(6)29/h18,24,26-27,30H,12-17,19-22H2,1-11H3/b23-18+/t24-,26-,27?/m1/s1. The Morgan fingerprint density at radius 2 is 1.57 bits per heavy atom. The number of allylic oxidation sites excluding steroid dienone is 1. The molecule has 0 aromatic carbocycles. The van der Waals surface area contributed by atoms with E-state index in [0.29, 0.717) is 6.61 Å². The fourth-order valence-electron chi connectivity index (χ4n) is 4.18. The normalized spacial score (nSPS) is 16.2. The molecule has 0 amide bonds. The van der Waals surface area contributed by atoms with Crippen LogP contribution in [0.5, 0.6) is 0 Å². The molecule has 0 aromatic heterocycles. The number of ether oxygens (including phenoxy) is 1. The van der Waals surface area contributed by atoms with Gasteiger partial charge in [-0.25, -0.2) is 0 Å². The number of unbranched alkanes of at least 4 members (excludes halogenated alkanes) is 1. The van der Waals surface area contributed by atoms with Crippen LogP contribution >= 0.6 is 0 Å². The quantitative estimate of drug-likeness (QED) is 0.0845. The predicted octanol–water partition coefficient (Wildman–Crippen LogP) is 7.86. The third kappa shape index (κ3) is 13.1. The summed E-state index contributed by atoms with van der Waals surface area (Å²) in [7, 11) is -3.49. The van der Waals surface area contributed by atoms with Crippen molar-refractivity contribution in [3.05, 3.63) is 11.6 Å². The minimum atomic E-state index is -1.75. The van der Waals surface area contributed by atoms with Crippen LogP contribution in [0.25, 0.3) is 0 Å². The first kappa shape index (κ1) is 34.5. The zero-order valence-corrected chi connectivity index (χ0v) is 27.0. The maximum atomic E-state index is 11.0. The molecule has 0 saturated carbocycles. The van der Waals surface area contributed by atoms with Crippen LogP contribution in [0.4, 0.5) is 0 Å². The maximum Gasteiger partial charge on any atom is 0.302 e. The highest BCUT2D eigenvalue weighted by molar-refractivity contribution is 6.74. The van der Waals surface area contributed by atoms with Gasteiger partial charge in [-0.05, 0) is 86.8 Å². The van der Waals surface area contributed by atoms with Gasteiger partial charge >= 0.3 is 5.97 Å². The highest BCUT2D eigenvalue weighted by Gasteiger charge is 2.37. The molecule has 1 N–H and O–H groups in total. The van der Waals surface area contributed by atoms with Gasteiger partial charge in [0.2, 0.25) is 0 Å². The Morgan fingerprint density at radius 3 is 2.06 bits per heavy atom. The second-order valence-corrected chi connectivity index (χ2v) is 21.4. The minimum absolute atomic E-state index is 0.114. The van der Waals surface area contributed by atoms with Gasteiger partial charge in [-0.2, -0.15) is 0 Å². The molecular weight excluding hydrogens is 472 g/mol. The molecule has 7 heteroatoms. The SMILES string of the molecule is CC[Si](CC)(CC)O[C@H](CCCO[Si](C)(C)C(C)(C)C)C[C@@H](C)C(O)/C(C)=C/CCCOC(C)=O. The summed E-state index contributed by atoms with van der Waals surface area (Å²) in [6, 6.07) is 3.40. The Hall–Kier alpha value is -0.476. The summed E-state index contributed by atoms with van der Waals surface area (Å²) in [5.74, 6) is -0.130. The smallest absolute Gasteiger partial charge is 0.302 e. The molecule has 0 fully saturated rings. The van der Waals surface area contributed by atoms with Crippen molar-refractivity contribution in [3.63, 3.8) is 0 Å². The molecule has 0 rings (SSSR count). The van der Waals surface area contributed by atoms with Crippen molar-refractivity contribution in [3.8, 4) is 0 Å². The zero-order chi connectivity index (χ0) is 27.3. The maximum absolute atomic E-state index is 11.0. The van der Waals surface area contributed by atoms with E-state index < -0.39 is 22.7 Å². The van der Waals surface area contributed by atoms with Crippen LogP contribution in [0, 0.1) is 5.92 Å². The van der Waals surface area contributed by atoms with E-state index in [4.69, 9.17) is 13.6 Å². The van der Waals surface area contributed by atoms with Crippen LogP contribution in [0.15, 0.2) is 11.6 Å². The molecule has 0 aliphatic carbocycles. The average Bonchev–Trinajstić information content (AvgIpc) is 2.78. The average molecular weight is 531 g/mol. The molecule has 35 heavy (non-hydrogen) atoms. The number of aliphatic hydroxyl groups excluding tert-OH is 1. The summed E-state index contributed by atoms with van der Waals surface area (Å²) < 4.78 is 18.4. The first-order valence-corrected chi connectivity index (χ1v) is 19.4. The van der Waals surface area contributed by atoms with Gasteiger partial charge in [0.15, 0.2) is 16.6 Å². The van der Waals surface area contributed by atoms with Gasteiger partial charge in [0.05, 0.1) is 12.7 Å². The molecule has 0 aromatic rings. The lowest BCUT2D eigenvalue weighted by Crippen LogP contribution is -2.42. The van der Waals surface area contributed by atoms with Crippen LogP contribution in [-0.4, -0.2) is 53.1 Å². The van der Waals surface area contributed by atoms with E-state index in [1.165, 1.54) is 6.92 Å². The third-order valence-electron chi connectivity index (χ3n) is 8.05. The van der Waals surface area contributed by atoms with Crippen LogP contribution in [0.3, 0.4) is 0 Å². The molecular formula is C28H58O5Si2. The summed E-state index contributed by atoms with van der Waals surface area (Å²) in [5, 5.41) is 11.2. The molecule has 0 heterocycles. The lowest BCUT2D eigenvalue weighted by atomic mass is 9.91. The lowest BCUT2D eigenvalue weighted by molar-refractivity contribution is -0.141. The van der Waals surface area contributed by atoms with E-state index in [2.05, 4.69) is 67.6 Å². The molecule has 0 aliphatic heterocycles. The fraction of sp³-hybridized carbons (Fsp3) is 0.893. The van der Waals surface area contributed by atoms with Crippen LogP contribution in [-0.2, 0) is 18.4 Å². The Bertz CT molecular complexity index is 615. The van der Waals surface area contributed by atoms with E-state index >= 15 is 0 Å². The Kier molecular flexibility index (Phi) is 16.2. The van der Waals surface area contributed by atoms with Crippen molar-refractivity contribution in [2.75, 3.05) is 13.2 Å². The van der Waals surface area contributed by atoms with Gasteiger partial charge in [-0.1, -0.05) is 54.5 Å². The Morgan fingerprint density at radius 1 is 1.00 bits per heavy atom. The summed E-state index contributed by atoms with van der Waals surface area (Å²) in [5.41, 5.74) is 0.991. The summed E-state index contributed by atoms with van der Waals surface area (Å²) in [6.45, 7) is 25.1. The number of hydrogen-bond donors (Lipinski definition) is 1. The van der Waals surface area contributed by atoms with Crippen LogP contribution in [0.1, 0.15) is 94.4 Å². The van der Waals surface area contributed by atoms with Crippen LogP contribution in [0.2, 0.25) is 36.3 Å². The summed E-state index contributed by atoms with van der Waals surface area (Å²) in [6.07, 6.45) is 6.15. The molecule has 0 saturated heterocycles. The molecule has 5 nitrogen and oxygen atoms in total. The number of rotatable bonds is 18. The van der Waals surface area contributed by atoms with Crippen LogP contribution < -0.4 is 0 Å². The largest absolute Gasteiger partial charge is 0.466 e. The van der Waals surface area contributed by atoms with Gasteiger partial charge < -0.3 is 18.7 Å².